The average Bonchev–Trinajstić information content (AvgIpc) is 2.86. The molecule has 3 aromatic rings. The van der Waals surface area contributed by atoms with E-state index in [0.717, 1.165) is 25.7 Å². The van der Waals surface area contributed by atoms with Gasteiger partial charge in [-0.3, -0.25) is 0 Å². The fourth-order valence-corrected chi connectivity index (χ4v) is 4.00. The molecule has 0 fully saturated rings. The summed E-state index contributed by atoms with van der Waals surface area (Å²) in [5.74, 6) is -0.199. The maximum absolute atomic E-state index is 12.6. The quantitative estimate of drug-likeness (QED) is 0.145. The van der Waals surface area contributed by atoms with Gasteiger partial charge in [0.15, 0.2) is 0 Å². The molecule has 5 heteroatoms. The van der Waals surface area contributed by atoms with Gasteiger partial charge in [-0.2, -0.15) is 0 Å². The molecule has 0 aliphatic heterocycles. The summed E-state index contributed by atoms with van der Waals surface area (Å²) in [5.41, 5.74) is 2.88. The van der Waals surface area contributed by atoms with Crippen LogP contribution in [0.2, 0.25) is 5.02 Å². The van der Waals surface area contributed by atoms with E-state index in [1.165, 1.54) is 55.0 Å². The van der Waals surface area contributed by atoms with E-state index in [1.807, 2.05) is 24.3 Å². The molecule has 184 valence electrons. The predicted molar refractivity (Wildman–Crippen MR) is 141 cm³/mol. The summed E-state index contributed by atoms with van der Waals surface area (Å²) in [4.78, 5) is 25.2. The zero-order valence-electron chi connectivity index (χ0n) is 20.5. The molecule has 0 spiro atoms. The van der Waals surface area contributed by atoms with Crippen molar-refractivity contribution in [3.8, 4) is 11.5 Å². The topological polar surface area (TPSA) is 52.6 Å². The van der Waals surface area contributed by atoms with Crippen LogP contribution >= 0.6 is 11.6 Å². The number of aryl methyl sites for hydroxylation is 2. The molecule has 0 amide bonds. The van der Waals surface area contributed by atoms with Gasteiger partial charge in [0.2, 0.25) is 0 Å². The Labute approximate surface area is 213 Å². The van der Waals surface area contributed by atoms with Gasteiger partial charge in [-0.1, -0.05) is 75.4 Å². The first-order chi connectivity index (χ1) is 17.0. The maximum Gasteiger partial charge on any atom is 0.345 e. The highest BCUT2D eigenvalue weighted by atomic mass is 35.5. The molecule has 4 nitrogen and oxygen atoms in total. The van der Waals surface area contributed by atoms with E-state index in [-0.39, 0.29) is 16.1 Å². The Morgan fingerprint density at radius 3 is 1.60 bits per heavy atom. The Balaban J connectivity index is 1.57. The van der Waals surface area contributed by atoms with Crippen LogP contribution in [-0.4, -0.2) is 11.9 Å². The normalized spacial score (nSPS) is 10.7. The van der Waals surface area contributed by atoms with Crippen molar-refractivity contribution in [2.45, 2.75) is 65.2 Å². The van der Waals surface area contributed by atoms with Gasteiger partial charge in [-0.25, -0.2) is 9.59 Å². The van der Waals surface area contributed by atoms with E-state index < -0.39 is 11.9 Å². The summed E-state index contributed by atoms with van der Waals surface area (Å²) in [6.07, 6.45) is 9.07. The first-order valence-electron chi connectivity index (χ1n) is 12.4. The van der Waals surface area contributed by atoms with E-state index in [1.54, 1.807) is 24.3 Å². The number of benzene rings is 3. The van der Waals surface area contributed by atoms with Crippen molar-refractivity contribution in [1.82, 2.24) is 0 Å². The molecule has 0 radical (unpaired) electrons. The molecule has 0 N–H and O–H groups in total. The fourth-order valence-electron chi connectivity index (χ4n) is 3.74. The lowest BCUT2D eigenvalue weighted by atomic mass is 10.1. The minimum absolute atomic E-state index is 0.131. The molecule has 3 aromatic carbocycles. The van der Waals surface area contributed by atoms with E-state index in [2.05, 4.69) is 13.8 Å². The second-order valence-electron chi connectivity index (χ2n) is 8.68. The highest BCUT2D eigenvalue weighted by Crippen LogP contribution is 2.23. The summed E-state index contributed by atoms with van der Waals surface area (Å²) in [6, 6.07) is 19.5. The number of hydrogen-bond donors (Lipinski definition) is 0. The number of unbranched alkanes of at least 4 members (excludes halogenated alkanes) is 4. The minimum Gasteiger partial charge on any atom is -0.423 e. The standard InChI is InChI=1S/C30H33ClO4/c1-3-5-7-9-22-11-16-25(17-12-22)34-29(32)24-15-20-27(28(31)21-24)30(33)35-26-18-13-23(14-19-26)10-8-6-4-2/h11-21H,3-10H2,1-2H3. The van der Waals surface area contributed by atoms with Crippen LogP contribution in [0.3, 0.4) is 0 Å². The third kappa shape index (κ3) is 8.25. The monoisotopic (exact) mass is 492 g/mol. The van der Waals surface area contributed by atoms with Crippen LogP contribution in [0.25, 0.3) is 0 Å². The van der Waals surface area contributed by atoms with E-state index in [4.69, 9.17) is 21.1 Å². The van der Waals surface area contributed by atoms with Gasteiger partial charge < -0.3 is 9.47 Å². The number of carbonyl (C=O) groups is 2. The molecular weight excluding hydrogens is 460 g/mol. The molecular formula is C30H33ClO4. The zero-order chi connectivity index (χ0) is 25.0. The third-order valence-corrected chi connectivity index (χ3v) is 6.14. The Morgan fingerprint density at radius 2 is 1.14 bits per heavy atom. The van der Waals surface area contributed by atoms with E-state index in [9.17, 15) is 9.59 Å². The van der Waals surface area contributed by atoms with Gasteiger partial charge in [-0.05, 0) is 79.3 Å². The van der Waals surface area contributed by atoms with E-state index >= 15 is 0 Å². The van der Waals surface area contributed by atoms with Crippen molar-refractivity contribution in [1.29, 1.82) is 0 Å². The number of esters is 2. The number of carbonyl (C=O) groups excluding carboxylic acids is 2. The summed E-state index contributed by atoms with van der Waals surface area (Å²) in [5, 5.41) is 0.131. The van der Waals surface area contributed by atoms with Crippen molar-refractivity contribution in [3.05, 3.63) is 94.0 Å². The molecule has 0 saturated heterocycles. The van der Waals surface area contributed by atoms with Gasteiger partial charge in [0.25, 0.3) is 0 Å². The smallest absolute Gasteiger partial charge is 0.345 e. The molecule has 0 atom stereocenters. The lowest BCUT2D eigenvalue weighted by Crippen LogP contribution is -2.12. The van der Waals surface area contributed by atoms with Crippen molar-refractivity contribution in [2.75, 3.05) is 0 Å². The maximum atomic E-state index is 12.6. The molecule has 0 aromatic heterocycles. The molecule has 0 heterocycles. The third-order valence-electron chi connectivity index (χ3n) is 5.83. The second kappa shape index (κ2) is 13.7. The number of halogens is 1. The summed E-state index contributed by atoms with van der Waals surface area (Å²) >= 11 is 6.31. The number of hydrogen-bond acceptors (Lipinski definition) is 4. The fraction of sp³-hybridized carbons (Fsp3) is 0.333. The summed E-state index contributed by atoms with van der Waals surface area (Å²) in [7, 11) is 0. The first-order valence-corrected chi connectivity index (χ1v) is 12.8. The highest BCUT2D eigenvalue weighted by Gasteiger charge is 2.17. The van der Waals surface area contributed by atoms with Gasteiger partial charge in [0.1, 0.15) is 11.5 Å². The van der Waals surface area contributed by atoms with Crippen LogP contribution in [0.1, 0.15) is 84.2 Å². The molecule has 0 saturated carbocycles. The molecule has 0 unspecified atom stereocenters. The van der Waals surface area contributed by atoms with Gasteiger partial charge in [0.05, 0.1) is 16.1 Å². The second-order valence-corrected chi connectivity index (χ2v) is 9.08. The molecule has 3 rings (SSSR count). The lowest BCUT2D eigenvalue weighted by Gasteiger charge is -2.09. The Hall–Kier alpha value is -3.11. The average molecular weight is 493 g/mol. The van der Waals surface area contributed by atoms with Crippen LogP contribution in [0, 0.1) is 0 Å². The summed E-state index contributed by atoms with van der Waals surface area (Å²) < 4.78 is 10.9. The van der Waals surface area contributed by atoms with Crippen LogP contribution in [0.15, 0.2) is 66.7 Å². The van der Waals surface area contributed by atoms with Gasteiger partial charge in [0, 0.05) is 0 Å². The van der Waals surface area contributed by atoms with Crippen molar-refractivity contribution in [3.63, 3.8) is 0 Å². The molecule has 0 aliphatic rings. The minimum atomic E-state index is -0.577. The van der Waals surface area contributed by atoms with Crippen LogP contribution in [0.5, 0.6) is 11.5 Å². The molecule has 0 bridgehead atoms. The number of rotatable bonds is 12. The Morgan fingerprint density at radius 1 is 0.657 bits per heavy atom. The van der Waals surface area contributed by atoms with Gasteiger partial charge >= 0.3 is 11.9 Å². The Kier molecular flexibility index (Phi) is 10.4. The highest BCUT2D eigenvalue weighted by molar-refractivity contribution is 6.34. The van der Waals surface area contributed by atoms with Crippen molar-refractivity contribution >= 4 is 23.5 Å². The predicted octanol–water partition coefficient (Wildman–Crippen LogP) is 8.24. The van der Waals surface area contributed by atoms with Crippen molar-refractivity contribution < 1.29 is 19.1 Å². The summed E-state index contributed by atoms with van der Waals surface area (Å²) in [6.45, 7) is 4.36. The van der Waals surface area contributed by atoms with E-state index in [0.29, 0.717) is 11.5 Å². The SMILES string of the molecule is CCCCCc1ccc(OC(=O)c2ccc(C(=O)Oc3ccc(CCCCC)cc3)c(Cl)c2)cc1. The van der Waals surface area contributed by atoms with Gasteiger partial charge in [-0.15, -0.1) is 0 Å². The van der Waals surface area contributed by atoms with Crippen LogP contribution in [0.4, 0.5) is 0 Å². The lowest BCUT2D eigenvalue weighted by molar-refractivity contribution is 0.0720. The molecule has 0 aliphatic carbocycles. The Bertz CT molecular complexity index is 1100. The van der Waals surface area contributed by atoms with Crippen LogP contribution in [-0.2, 0) is 12.8 Å². The van der Waals surface area contributed by atoms with Crippen molar-refractivity contribution in [2.24, 2.45) is 0 Å². The van der Waals surface area contributed by atoms with Crippen LogP contribution < -0.4 is 9.47 Å². The molecule has 35 heavy (non-hydrogen) atoms. The largest absolute Gasteiger partial charge is 0.423 e. The number of ether oxygens (including phenoxy) is 2. The first kappa shape index (κ1) is 26.5. The zero-order valence-corrected chi connectivity index (χ0v) is 21.3.